The van der Waals surface area contributed by atoms with Gasteiger partial charge in [0.2, 0.25) is 15.4 Å². The molecule has 0 aliphatic rings. The van der Waals surface area contributed by atoms with Crippen LogP contribution in [-0.2, 0) is 22.6 Å². The Hall–Kier alpha value is -3.21. The lowest BCUT2D eigenvalue weighted by atomic mass is 10.2. The number of halogens is 3. The quantitative estimate of drug-likeness (QED) is 0.522. The van der Waals surface area contributed by atoms with Gasteiger partial charge in [0.25, 0.3) is 0 Å². The summed E-state index contributed by atoms with van der Waals surface area (Å²) in [5.74, 6) is -1.97. The van der Waals surface area contributed by atoms with Crippen molar-refractivity contribution in [3.05, 3.63) is 70.0 Å². The van der Waals surface area contributed by atoms with Gasteiger partial charge in [-0.3, -0.25) is 4.79 Å². The van der Waals surface area contributed by atoms with Crippen LogP contribution in [0.15, 0.2) is 47.4 Å². The van der Waals surface area contributed by atoms with Crippen LogP contribution in [0.2, 0.25) is 0 Å². The van der Waals surface area contributed by atoms with Crippen LogP contribution < -0.4 is 10.3 Å². The summed E-state index contributed by atoms with van der Waals surface area (Å²) in [6.07, 6.45) is 0.535. The summed E-state index contributed by atoms with van der Waals surface area (Å²) >= 11 is 0. The van der Waals surface area contributed by atoms with Crippen LogP contribution >= 0.6 is 0 Å². The number of aryl methyl sites for hydroxylation is 2. The topological polar surface area (TPSA) is 91.2 Å². The van der Waals surface area contributed by atoms with Gasteiger partial charge in [0.1, 0.15) is 0 Å². The summed E-state index contributed by atoms with van der Waals surface area (Å²) in [7, 11) is -3.39. The molecular formula is C21H20F3N3O4S. The lowest BCUT2D eigenvalue weighted by molar-refractivity contribution is 0.0875. The molecule has 7 nitrogen and oxygen atoms in total. The molecule has 32 heavy (non-hydrogen) atoms. The highest BCUT2D eigenvalue weighted by molar-refractivity contribution is 7.91. The molecule has 2 aromatic heterocycles. The number of rotatable bonds is 7. The van der Waals surface area contributed by atoms with Crippen LogP contribution in [0.5, 0.6) is 11.8 Å². The first-order valence-corrected chi connectivity index (χ1v) is 11.2. The van der Waals surface area contributed by atoms with Crippen molar-refractivity contribution in [2.24, 2.45) is 7.05 Å². The fourth-order valence-electron chi connectivity index (χ4n) is 2.84. The van der Waals surface area contributed by atoms with Crippen molar-refractivity contribution in [3.8, 4) is 23.0 Å². The molecule has 11 heteroatoms. The Morgan fingerprint density at radius 1 is 1.16 bits per heavy atom. The number of nitrogens with zero attached hydrogens (tertiary/aromatic N) is 3. The Kier molecular flexibility index (Phi) is 6.40. The van der Waals surface area contributed by atoms with Gasteiger partial charge in [-0.2, -0.15) is 18.7 Å². The van der Waals surface area contributed by atoms with E-state index < -0.39 is 39.1 Å². The summed E-state index contributed by atoms with van der Waals surface area (Å²) in [6, 6.07) is 7.71. The first-order chi connectivity index (χ1) is 14.9. The minimum Gasteiger partial charge on any atom is -0.421 e. The molecule has 0 aliphatic heterocycles. The third-order valence-electron chi connectivity index (χ3n) is 4.70. The molecule has 0 spiro atoms. The molecule has 3 rings (SSSR count). The molecule has 0 aliphatic carbocycles. The van der Waals surface area contributed by atoms with Gasteiger partial charge in [0, 0.05) is 31.3 Å². The summed E-state index contributed by atoms with van der Waals surface area (Å²) in [4.78, 5) is 19.8. The Balaban J connectivity index is 2.13. The predicted octanol–water partition coefficient (Wildman–Crippen LogP) is 4.00. The van der Waals surface area contributed by atoms with Crippen LogP contribution in [0.1, 0.15) is 24.6 Å². The summed E-state index contributed by atoms with van der Waals surface area (Å²) in [5.41, 5.74) is 0.357. The number of pyridine rings is 1. The highest BCUT2D eigenvalue weighted by atomic mass is 32.2. The number of alkyl halides is 2. The summed E-state index contributed by atoms with van der Waals surface area (Å²) in [5, 5.41) is -3.95. The van der Waals surface area contributed by atoms with Gasteiger partial charge in [-0.1, -0.05) is 19.1 Å². The lowest BCUT2D eigenvalue weighted by Crippen LogP contribution is -2.29. The molecule has 170 valence electrons. The van der Waals surface area contributed by atoms with Gasteiger partial charge < -0.3 is 9.30 Å². The third-order valence-corrected chi connectivity index (χ3v) is 6.58. The van der Waals surface area contributed by atoms with E-state index in [9.17, 15) is 26.4 Å². The fraction of sp³-hybridized carbons (Fsp3) is 0.286. The number of benzene rings is 1. The number of ether oxygens (including phenoxy) is 1. The van der Waals surface area contributed by atoms with Gasteiger partial charge in [-0.05, 0) is 30.7 Å². The monoisotopic (exact) mass is 467 g/mol. The molecule has 0 fully saturated rings. The molecule has 0 radical (unpaired) electrons. The van der Waals surface area contributed by atoms with Crippen LogP contribution in [0.25, 0.3) is 11.3 Å². The van der Waals surface area contributed by atoms with E-state index in [1.807, 2.05) is 0 Å². The molecule has 1 aromatic carbocycles. The highest BCUT2D eigenvalue weighted by Gasteiger charge is 2.43. The second-order valence-corrected chi connectivity index (χ2v) is 9.25. The van der Waals surface area contributed by atoms with Crippen molar-refractivity contribution < 1.29 is 26.3 Å². The second-order valence-electron chi connectivity index (χ2n) is 7.13. The summed E-state index contributed by atoms with van der Waals surface area (Å²) in [6.45, 7) is 2.64. The maximum atomic E-state index is 14.2. The van der Waals surface area contributed by atoms with Crippen LogP contribution in [0.4, 0.5) is 13.2 Å². The van der Waals surface area contributed by atoms with E-state index in [0.29, 0.717) is 11.1 Å². The van der Waals surface area contributed by atoms with Gasteiger partial charge in [0.15, 0.2) is 11.6 Å². The zero-order valence-corrected chi connectivity index (χ0v) is 18.3. The van der Waals surface area contributed by atoms with E-state index >= 15 is 0 Å². The smallest absolute Gasteiger partial charge is 0.345 e. The van der Waals surface area contributed by atoms with Crippen LogP contribution in [0.3, 0.4) is 0 Å². The number of sulfone groups is 1. The SMILES string of the molecule is CCC(F)(F)S(=O)(=O)Cc1cc(-c2ccc(=O)n(C)c2)nc(Oc2c(C)cccc2F)n1. The van der Waals surface area contributed by atoms with E-state index in [1.165, 1.54) is 42.1 Å². The average molecular weight is 467 g/mol. The highest BCUT2D eigenvalue weighted by Crippen LogP contribution is 2.31. The molecule has 0 saturated heterocycles. The minimum atomic E-state index is -4.89. The van der Waals surface area contributed by atoms with E-state index in [4.69, 9.17) is 4.74 Å². The van der Waals surface area contributed by atoms with E-state index in [1.54, 1.807) is 13.0 Å². The predicted molar refractivity (Wildman–Crippen MR) is 112 cm³/mol. The Morgan fingerprint density at radius 3 is 2.50 bits per heavy atom. The minimum absolute atomic E-state index is 0.115. The van der Waals surface area contributed by atoms with Crippen molar-refractivity contribution in [2.45, 2.75) is 31.3 Å². The molecule has 3 aromatic rings. The van der Waals surface area contributed by atoms with Crippen LogP contribution in [0, 0.1) is 12.7 Å². The number of aromatic nitrogens is 3. The number of hydrogen-bond donors (Lipinski definition) is 0. The van der Waals surface area contributed by atoms with Crippen molar-refractivity contribution in [1.29, 1.82) is 0 Å². The second kappa shape index (κ2) is 8.73. The largest absolute Gasteiger partial charge is 0.421 e. The maximum Gasteiger partial charge on any atom is 0.345 e. The molecule has 0 atom stereocenters. The number of hydrogen-bond acceptors (Lipinski definition) is 6. The zero-order valence-electron chi connectivity index (χ0n) is 17.5. The molecule has 0 saturated carbocycles. The Bertz CT molecular complexity index is 1300. The fourth-order valence-corrected chi connectivity index (χ4v) is 4.03. The first-order valence-electron chi connectivity index (χ1n) is 9.51. The van der Waals surface area contributed by atoms with Gasteiger partial charge in [-0.15, -0.1) is 0 Å². The van der Waals surface area contributed by atoms with E-state index in [2.05, 4.69) is 9.97 Å². The third kappa shape index (κ3) is 4.82. The van der Waals surface area contributed by atoms with E-state index in [0.717, 1.165) is 13.0 Å². The molecule has 0 bridgehead atoms. The average Bonchev–Trinajstić information content (AvgIpc) is 2.72. The maximum absolute atomic E-state index is 14.2. The Morgan fingerprint density at radius 2 is 1.88 bits per heavy atom. The standard InChI is InChI=1S/C21H20F3N3O4S/c1-4-21(23,24)32(29,30)12-15-10-17(14-8-9-18(28)27(3)11-14)26-20(25-15)31-19-13(2)6-5-7-16(19)22/h5-11H,4,12H2,1-3H3. The lowest BCUT2D eigenvalue weighted by Gasteiger charge is -2.16. The normalized spacial score (nSPS) is 12.1. The number of para-hydroxylation sites is 1. The molecular weight excluding hydrogens is 447 g/mol. The van der Waals surface area contributed by atoms with E-state index in [-0.39, 0.29) is 22.7 Å². The van der Waals surface area contributed by atoms with Crippen molar-refractivity contribution in [1.82, 2.24) is 14.5 Å². The molecule has 0 N–H and O–H groups in total. The van der Waals surface area contributed by atoms with Crippen molar-refractivity contribution in [2.75, 3.05) is 0 Å². The molecule has 0 unspecified atom stereocenters. The molecule has 2 heterocycles. The van der Waals surface area contributed by atoms with Gasteiger partial charge in [-0.25, -0.2) is 12.8 Å². The van der Waals surface area contributed by atoms with Crippen molar-refractivity contribution >= 4 is 9.84 Å². The summed E-state index contributed by atoms with van der Waals surface area (Å²) < 4.78 is 73.3. The van der Waals surface area contributed by atoms with Gasteiger partial charge >= 0.3 is 11.3 Å². The Labute approximate surface area is 182 Å². The first kappa shape index (κ1) is 23.5. The van der Waals surface area contributed by atoms with Crippen LogP contribution in [-0.4, -0.2) is 28.2 Å². The zero-order chi connectivity index (χ0) is 23.7. The molecule has 0 amide bonds. The van der Waals surface area contributed by atoms with Crippen molar-refractivity contribution in [3.63, 3.8) is 0 Å². The van der Waals surface area contributed by atoms with Gasteiger partial charge in [0.05, 0.1) is 17.1 Å².